The van der Waals surface area contributed by atoms with Crippen LogP contribution in [-0.4, -0.2) is 46.4 Å². The molecule has 1 fully saturated rings. The maximum atomic E-state index is 12.3. The zero-order chi connectivity index (χ0) is 12.5. The third-order valence-electron chi connectivity index (χ3n) is 3.59. The van der Waals surface area contributed by atoms with Gasteiger partial charge in [-0.25, -0.2) is 4.79 Å². The number of nitrogens with zero attached hydrogens (tertiary/aromatic N) is 3. The van der Waals surface area contributed by atoms with E-state index in [1.165, 1.54) is 4.90 Å². The maximum Gasteiger partial charge on any atom is 0.326 e. The molecule has 3 heterocycles. The average Bonchev–Trinajstić information content (AvgIpc) is 2.93. The SMILES string of the molecule is O=C1c2ccncc2CCN1C(=O)N1CCCC1. The summed E-state index contributed by atoms with van der Waals surface area (Å²) in [5.74, 6) is -0.185. The van der Waals surface area contributed by atoms with Gasteiger partial charge in [-0.05, 0) is 30.9 Å². The summed E-state index contributed by atoms with van der Waals surface area (Å²) in [5, 5.41) is 0. The molecule has 94 valence electrons. The predicted molar refractivity (Wildman–Crippen MR) is 65.2 cm³/mol. The summed E-state index contributed by atoms with van der Waals surface area (Å²) < 4.78 is 0. The number of carbonyl (C=O) groups is 2. The first-order valence-electron chi connectivity index (χ1n) is 6.31. The highest BCUT2D eigenvalue weighted by molar-refractivity contribution is 6.05. The van der Waals surface area contributed by atoms with Crippen LogP contribution in [0.3, 0.4) is 0 Å². The molecule has 3 rings (SSSR count). The van der Waals surface area contributed by atoms with Crippen molar-refractivity contribution >= 4 is 11.9 Å². The van der Waals surface area contributed by atoms with Gasteiger partial charge in [0.2, 0.25) is 0 Å². The van der Waals surface area contributed by atoms with Gasteiger partial charge in [0.05, 0.1) is 0 Å². The number of urea groups is 1. The van der Waals surface area contributed by atoms with Gasteiger partial charge in [0, 0.05) is 37.6 Å². The van der Waals surface area contributed by atoms with Crippen LogP contribution in [0.5, 0.6) is 0 Å². The van der Waals surface area contributed by atoms with Gasteiger partial charge < -0.3 is 4.90 Å². The highest BCUT2D eigenvalue weighted by Gasteiger charge is 2.32. The van der Waals surface area contributed by atoms with Crippen LogP contribution in [0.25, 0.3) is 0 Å². The molecule has 0 aliphatic carbocycles. The lowest BCUT2D eigenvalue weighted by Crippen LogP contribution is -2.48. The van der Waals surface area contributed by atoms with E-state index in [-0.39, 0.29) is 11.9 Å². The molecule has 0 unspecified atom stereocenters. The molecule has 5 nitrogen and oxygen atoms in total. The summed E-state index contributed by atoms with van der Waals surface area (Å²) in [7, 11) is 0. The minimum atomic E-state index is -0.185. The quantitative estimate of drug-likeness (QED) is 0.692. The Balaban J connectivity index is 1.84. The molecule has 5 heteroatoms. The monoisotopic (exact) mass is 245 g/mol. The van der Waals surface area contributed by atoms with Crippen LogP contribution in [0, 0.1) is 0 Å². The number of carbonyl (C=O) groups excluding carboxylic acids is 2. The minimum absolute atomic E-state index is 0.139. The molecule has 0 aromatic carbocycles. The number of fused-ring (bicyclic) bond motifs is 1. The Labute approximate surface area is 105 Å². The second kappa shape index (κ2) is 4.40. The highest BCUT2D eigenvalue weighted by atomic mass is 16.2. The van der Waals surface area contributed by atoms with Gasteiger partial charge >= 0.3 is 6.03 Å². The van der Waals surface area contributed by atoms with E-state index in [9.17, 15) is 9.59 Å². The average molecular weight is 245 g/mol. The number of aromatic nitrogens is 1. The van der Waals surface area contributed by atoms with Crippen molar-refractivity contribution in [3.63, 3.8) is 0 Å². The van der Waals surface area contributed by atoms with Crippen LogP contribution >= 0.6 is 0 Å². The van der Waals surface area contributed by atoms with E-state index in [1.807, 2.05) is 0 Å². The Morgan fingerprint density at radius 2 is 2.00 bits per heavy atom. The minimum Gasteiger partial charge on any atom is -0.324 e. The van der Waals surface area contributed by atoms with Crippen molar-refractivity contribution in [3.8, 4) is 0 Å². The third-order valence-corrected chi connectivity index (χ3v) is 3.59. The summed E-state index contributed by atoms with van der Waals surface area (Å²) in [6.07, 6.45) is 6.09. The van der Waals surface area contributed by atoms with Crippen LogP contribution in [0.15, 0.2) is 18.5 Å². The molecule has 0 N–H and O–H groups in total. The van der Waals surface area contributed by atoms with Crippen molar-refractivity contribution in [1.82, 2.24) is 14.8 Å². The van der Waals surface area contributed by atoms with E-state index >= 15 is 0 Å². The Kier molecular flexibility index (Phi) is 2.74. The number of pyridine rings is 1. The molecule has 0 spiro atoms. The smallest absolute Gasteiger partial charge is 0.324 e. The summed E-state index contributed by atoms with van der Waals surface area (Å²) in [5.41, 5.74) is 1.55. The van der Waals surface area contributed by atoms with Gasteiger partial charge in [0.15, 0.2) is 0 Å². The number of hydrogen-bond donors (Lipinski definition) is 0. The number of hydrogen-bond acceptors (Lipinski definition) is 3. The van der Waals surface area contributed by atoms with Gasteiger partial charge in [-0.2, -0.15) is 0 Å². The second-order valence-electron chi connectivity index (χ2n) is 4.72. The largest absolute Gasteiger partial charge is 0.326 e. The number of likely N-dealkylation sites (tertiary alicyclic amines) is 1. The zero-order valence-corrected chi connectivity index (χ0v) is 10.1. The predicted octanol–water partition coefficient (Wildman–Crippen LogP) is 1.30. The van der Waals surface area contributed by atoms with Gasteiger partial charge in [-0.1, -0.05) is 0 Å². The van der Waals surface area contributed by atoms with Gasteiger partial charge in [0.25, 0.3) is 5.91 Å². The molecule has 2 aliphatic rings. The first-order chi connectivity index (χ1) is 8.77. The van der Waals surface area contributed by atoms with E-state index in [0.29, 0.717) is 18.5 Å². The Bertz CT molecular complexity index is 495. The van der Waals surface area contributed by atoms with E-state index in [2.05, 4.69) is 4.98 Å². The Morgan fingerprint density at radius 3 is 2.78 bits per heavy atom. The van der Waals surface area contributed by atoms with Crippen molar-refractivity contribution in [2.45, 2.75) is 19.3 Å². The maximum absolute atomic E-state index is 12.3. The van der Waals surface area contributed by atoms with Crippen molar-refractivity contribution in [1.29, 1.82) is 0 Å². The summed E-state index contributed by atoms with van der Waals surface area (Å²) in [6.45, 7) is 2.00. The molecular weight excluding hydrogens is 230 g/mol. The van der Waals surface area contributed by atoms with E-state index in [4.69, 9.17) is 0 Å². The lowest BCUT2D eigenvalue weighted by molar-refractivity contribution is 0.0752. The summed E-state index contributed by atoms with van der Waals surface area (Å²) >= 11 is 0. The fourth-order valence-corrected chi connectivity index (χ4v) is 2.58. The van der Waals surface area contributed by atoms with Crippen LogP contribution < -0.4 is 0 Å². The summed E-state index contributed by atoms with van der Waals surface area (Å²) in [4.78, 5) is 31.7. The van der Waals surface area contributed by atoms with Crippen molar-refractivity contribution < 1.29 is 9.59 Å². The first-order valence-corrected chi connectivity index (χ1v) is 6.31. The molecule has 3 amide bonds. The molecule has 2 aliphatic heterocycles. The lowest BCUT2D eigenvalue weighted by Gasteiger charge is -2.30. The number of rotatable bonds is 0. The third kappa shape index (κ3) is 1.75. The van der Waals surface area contributed by atoms with E-state index in [1.54, 1.807) is 23.4 Å². The molecule has 0 bridgehead atoms. The standard InChI is InChI=1S/C13H15N3O2/c17-12-11-3-5-14-9-10(11)4-8-16(12)13(18)15-6-1-2-7-15/h3,5,9H,1-2,4,6-8H2. The molecule has 0 saturated carbocycles. The normalized spacial score (nSPS) is 19.0. The molecule has 1 aromatic heterocycles. The number of imide groups is 1. The second-order valence-corrected chi connectivity index (χ2v) is 4.72. The summed E-state index contributed by atoms with van der Waals surface area (Å²) in [6, 6.07) is 1.56. The van der Waals surface area contributed by atoms with Crippen LogP contribution in [0.2, 0.25) is 0 Å². The fourth-order valence-electron chi connectivity index (χ4n) is 2.58. The van der Waals surface area contributed by atoms with Gasteiger partial charge in [0.1, 0.15) is 0 Å². The molecule has 0 atom stereocenters. The Morgan fingerprint density at radius 1 is 1.22 bits per heavy atom. The number of amides is 3. The lowest BCUT2D eigenvalue weighted by atomic mass is 10.0. The molecule has 0 radical (unpaired) electrons. The molecule has 18 heavy (non-hydrogen) atoms. The van der Waals surface area contributed by atoms with Crippen LogP contribution in [-0.2, 0) is 6.42 Å². The molecule has 1 aromatic rings. The first kappa shape index (κ1) is 11.2. The van der Waals surface area contributed by atoms with E-state index < -0.39 is 0 Å². The van der Waals surface area contributed by atoms with Crippen LogP contribution in [0.4, 0.5) is 4.79 Å². The van der Waals surface area contributed by atoms with E-state index in [0.717, 1.165) is 31.5 Å². The topological polar surface area (TPSA) is 53.5 Å². The molecular formula is C13H15N3O2. The van der Waals surface area contributed by atoms with Gasteiger partial charge in [-0.3, -0.25) is 14.7 Å². The zero-order valence-electron chi connectivity index (χ0n) is 10.1. The van der Waals surface area contributed by atoms with Crippen molar-refractivity contribution in [3.05, 3.63) is 29.6 Å². The Hall–Kier alpha value is -1.91. The van der Waals surface area contributed by atoms with Crippen LogP contribution in [0.1, 0.15) is 28.8 Å². The van der Waals surface area contributed by atoms with Gasteiger partial charge in [-0.15, -0.1) is 0 Å². The van der Waals surface area contributed by atoms with Crippen molar-refractivity contribution in [2.75, 3.05) is 19.6 Å². The fraction of sp³-hybridized carbons (Fsp3) is 0.462. The highest BCUT2D eigenvalue weighted by Crippen LogP contribution is 2.20. The van der Waals surface area contributed by atoms with Crippen molar-refractivity contribution in [2.24, 2.45) is 0 Å². The molecule has 1 saturated heterocycles.